The van der Waals surface area contributed by atoms with Gasteiger partial charge >= 0.3 is 0 Å². The van der Waals surface area contributed by atoms with E-state index >= 15 is 0 Å². The third-order valence-corrected chi connectivity index (χ3v) is 3.03. The van der Waals surface area contributed by atoms with E-state index in [1.165, 1.54) is 0 Å². The second-order valence-corrected chi connectivity index (χ2v) is 4.34. The minimum atomic E-state index is 0.594. The van der Waals surface area contributed by atoms with Gasteiger partial charge in [0.2, 0.25) is 0 Å². The zero-order valence-electron chi connectivity index (χ0n) is 8.62. The Hall–Kier alpha value is -0.960. The van der Waals surface area contributed by atoms with Crippen LogP contribution in [0.15, 0.2) is 41.0 Å². The number of hydrogen-bond acceptors (Lipinski definition) is 1. The van der Waals surface area contributed by atoms with Crippen molar-refractivity contribution >= 4 is 23.2 Å². The lowest BCUT2D eigenvalue weighted by Crippen LogP contribution is -2.80. The lowest BCUT2D eigenvalue weighted by atomic mass is 10.2. The molecule has 2 nitrogen and oxygen atoms in total. The van der Waals surface area contributed by atoms with Crippen molar-refractivity contribution in [3.8, 4) is 0 Å². The van der Waals surface area contributed by atoms with E-state index in [1.807, 2.05) is 30.3 Å². The minimum absolute atomic E-state index is 0.594. The molecule has 0 aliphatic heterocycles. The van der Waals surface area contributed by atoms with Gasteiger partial charge in [0.05, 0.1) is 16.3 Å². The maximum absolute atomic E-state index is 5.93. The Labute approximate surface area is 104 Å². The Bertz CT molecular complexity index is 454. The minimum Gasteiger partial charge on any atom is -0.463 e. The van der Waals surface area contributed by atoms with E-state index in [-0.39, 0.29) is 0 Å². The Morgan fingerprint density at radius 1 is 1.06 bits per heavy atom. The van der Waals surface area contributed by atoms with Crippen LogP contribution in [0.2, 0.25) is 10.0 Å². The molecule has 0 aliphatic carbocycles. The normalized spacial score (nSPS) is 10.6. The Morgan fingerprint density at radius 2 is 1.94 bits per heavy atom. The van der Waals surface area contributed by atoms with Gasteiger partial charge in [0.1, 0.15) is 13.1 Å². The van der Waals surface area contributed by atoms with Gasteiger partial charge in [-0.2, -0.15) is 0 Å². The van der Waals surface area contributed by atoms with Crippen LogP contribution in [0, 0.1) is 0 Å². The smallest absolute Gasteiger partial charge is 0.157 e. The fraction of sp³-hybridized carbons (Fsp3) is 0.167. The van der Waals surface area contributed by atoms with Gasteiger partial charge in [-0.05, 0) is 24.3 Å². The van der Waals surface area contributed by atoms with E-state index in [4.69, 9.17) is 27.6 Å². The number of rotatable bonds is 4. The highest BCUT2D eigenvalue weighted by molar-refractivity contribution is 6.41. The average molecular weight is 257 g/mol. The highest BCUT2D eigenvalue weighted by Gasteiger charge is 2.02. The standard InChI is InChI=1S/C12H11Cl2NO/c13-11-4-3-9(6-12(11)14)7-15-8-10-2-1-5-16-10/h1-6,15H,7-8H2/p+1. The lowest BCUT2D eigenvalue weighted by molar-refractivity contribution is -0.687. The predicted molar refractivity (Wildman–Crippen MR) is 64.5 cm³/mol. The largest absolute Gasteiger partial charge is 0.463 e. The van der Waals surface area contributed by atoms with Crippen LogP contribution < -0.4 is 5.32 Å². The highest BCUT2D eigenvalue weighted by Crippen LogP contribution is 2.22. The molecule has 1 aromatic carbocycles. The van der Waals surface area contributed by atoms with Crippen LogP contribution in [0.1, 0.15) is 11.3 Å². The predicted octanol–water partition coefficient (Wildman–Crippen LogP) is 2.85. The van der Waals surface area contributed by atoms with Crippen molar-refractivity contribution in [1.29, 1.82) is 0 Å². The van der Waals surface area contributed by atoms with E-state index < -0.39 is 0 Å². The first-order valence-corrected chi connectivity index (χ1v) is 5.79. The molecule has 0 saturated heterocycles. The van der Waals surface area contributed by atoms with E-state index in [1.54, 1.807) is 6.26 Å². The van der Waals surface area contributed by atoms with Crippen LogP contribution in [-0.2, 0) is 13.1 Å². The first-order chi connectivity index (χ1) is 7.75. The molecule has 2 N–H and O–H groups in total. The van der Waals surface area contributed by atoms with Crippen LogP contribution in [0.5, 0.6) is 0 Å². The van der Waals surface area contributed by atoms with Crippen molar-refractivity contribution in [2.45, 2.75) is 13.1 Å². The first-order valence-electron chi connectivity index (χ1n) is 5.03. The molecule has 0 saturated carbocycles. The SMILES string of the molecule is Clc1ccc(C[NH2+]Cc2ccco2)cc1Cl. The third-order valence-electron chi connectivity index (χ3n) is 2.29. The van der Waals surface area contributed by atoms with Gasteiger partial charge in [-0.15, -0.1) is 0 Å². The molecule has 1 heterocycles. The zero-order chi connectivity index (χ0) is 11.4. The van der Waals surface area contributed by atoms with Crippen molar-refractivity contribution in [2.75, 3.05) is 0 Å². The van der Waals surface area contributed by atoms with Gasteiger partial charge < -0.3 is 9.73 Å². The summed E-state index contributed by atoms with van der Waals surface area (Å²) in [4.78, 5) is 0. The maximum Gasteiger partial charge on any atom is 0.157 e. The molecule has 0 spiro atoms. The fourth-order valence-electron chi connectivity index (χ4n) is 1.48. The zero-order valence-corrected chi connectivity index (χ0v) is 10.1. The van der Waals surface area contributed by atoms with E-state index in [2.05, 4.69) is 5.32 Å². The molecule has 0 amide bonds. The molecular formula is C12H12Cl2NO+. The van der Waals surface area contributed by atoms with Crippen molar-refractivity contribution < 1.29 is 9.73 Å². The number of furan rings is 1. The molecule has 4 heteroatoms. The van der Waals surface area contributed by atoms with E-state index in [0.717, 1.165) is 24.4 Å². The summed E-state index contributed by atoms with van der Waals surface area (Å²) in [5.74, 6) is 0.972. The Kier molecular flexibility index (Phi) is 3.88. The molecule has 0 fully saturated rings. The Balaban J connectivity index is 1.87. The van der Waals surface area contributed by atoms with Crippen LogP contribution >= 0.6 is 23.2 Å². The first kappa shape index (κ1) is 11.5. The molecule has 2 aromatic rings. The molecular weight excluding hydrogens is 245 g/mol. The molecule has 0 radical (unpaired) electrons. The molecule has 16 heavy (non-hydrogen) atoms. The summed E-state index contributed by atoms with van der Waals surface area (Å²) >= 11 is 11.8. The van der Waals surface area contributed by atoms with Gasteiger partial charge in [-0.25, -0.2) is 0 Å². The van der Waals surface area contributed by atoms with Crippen molar-refractivity contribution in [3.05, 3.63) is 58.0 Å². The third kappa shape index (κ3) is 3.01. The number of hydrogen-bond donors (Lipinski definition) is 1. The summed E-state index contributed by atoms with van der Waals surface area (Å²) in [5, 5.41) is 3.35. The van der Waals surface area contributed by atoms with Crippen molar-refractivity contribution in [3.63, 3.8) is 0 Å². The van der Waals surface area contributed by atoms with Crippen LogP contribution in [0.4, 0.5) is 0 Å². The molecule has 1 aromatic heterocycles. The number of benzene rings is 1. The van der Waals surface area contributed by atoms with Gasteiger partial charge in [-0.1, -0.05) is 29.3 Å². The van der Waals surface area contributed by atoms with Crippen LogP contribution in [0.3, 0.4) is 0 Å². The number of halogens is 2. The molecule has 2 rings (SSSR count). The highest BCUT2D eigenvalue weighted by atomic mass is 35.5. The van der Waals surface area contributed by atoms with E-state index in [0.29, 0.717) is 10.0 Å². The van der Waals surface area contributed by atoms with Gasteiger partial charge in [-0.3, -0.25) is 0 Å². The van der Waals surface area contributed by atoms with Gasteiger partial charge in [0, 0.05) is 5.56 Å². The van der Waals surface area contributed by atoms with Crippen molar-refractivity contribution in [1.82, 2.24) is 0 Å². The summed E-state index contributed by atoms with van der Waals surface area (Å²) < 4.78 is 5.24. The molecule has 0 bridgehead atoms. The number of quaternary nitrogens is 1. The average Bonchev–Trinajstić information content (AvgIpc) is 2.76. The van der Waals surface area contributed by atoms with Crippen LogP contribution in [-0.4, -0.2) is 0 Å². The molecule has 0 unspecified atom stereocenters. The topological polar surface area (TPSA) is 29.8 Å². The quantitative estimate of drug-likeness (QED) is 0.896. The van der Waals surface area contributed by atoms with Crippen LogP contribution in [0.25, 0.3) is 0 Å². The van der Waals surface area contributed by atoms with Crippen molar-refractivity contribution in [2.24, 2.45) is 0 Å². The summed E-state index contributed by atoms with van der Waals surface area (Å²) in [6.07, 6.45) is 1.68. The second kappa shape index (κ2) is 5.39. The fourth-order valence-corrected chi connectivity index (χ4v) is 1.80. The summed E-state index contributed by atoms with van der Waals surface area (Å²) in [7, 11) is 0. The Morgan fingerprint density at radius 3 is 2.62 bits per heavy atom. The van der Waals surface area contributed by atoms with E-state index in [9.17, 15) is 0 Å². The lowest BCUT2D eigenvalue weighted by Gasteiger charge is -2.02. The molecule has 84 valence electrons. The molecule has 0 aliphatic rings. The van der Waals surface area contributed by atoms with Gasteiger partial charge in [0.15, 0.2) is 5.76 Å². The molecule has 0 atom stereocenters. The second-order valence-electron chi connectivity index (χ2n) is 3.52. The maximum atomic E-state index is 5.93. The summed E-state index contributed by atoms with van der Waals surface area (Å²) in [6.45, 7) is 1.69. The summed E-state index contributed by atoms with van der Waals surface area (Å²) in [5.41, 5.74) is 1.15. The summed E-state index contributed by atoms with van der Waals surface area (Å²) in [6, 6.07) is 9.54. The number of nitrogens with two attached hydrogens (primary N) is 1. The monoisotopic (exact) mass is 256 g/mol. The van der Waals surface area contributed by atoms with Gasteiger partial charge in [0.25, 0.3) is 0 Å².